The summed E-state index contributed by atoms with van der Waals surface area (Å²) in [6, 6.07) is 13.6. The molecule has 0 saturated heterocycles. The molecule has 1 atom stereocenters. The minimum Gasteiger partial charge on any atom is -0.478 e. The van der Waals surface area contributed by atoms with Crippen molar-refractivity contribution in [1.82, 2.24) is 5.32 Å². The van der Waals surface area contributed by atoms with Gasteiger partial charge in [0.05, 0.1) is 11.6 Å². The first kappa shape index (κ1) is 15.3. The Labute approximate surface area is 132 Å². The zero-order valence-corrected chi connectivity index (χ0v) is 12.5. The highest BCUT2D eigenvalue weighted by Crippen LogP contribution is 2.24. The lowest BCUT2D eigenvalue weighted by Gasteiger charge is -2.20. The zero-order chi connectivity index (χ0) is 15.4. The molecule has 108 valence electrons. The summed E-state index contributed by atoms with van der Waals surface area (Å²) in [5, 5.41) is 12.7. The van der Waals surface area contributed by atoms with Gasteiger partial charge in [-0.15, -0.1) is 0 Å². The van der Waals surface area contributed by atoms with Gasteiger partial charge in [0, 0.05) is 5.02 Å². The second-order valence-electron chi connectivity index (χ2n) is 4.42. The Morgan fingerprint density at radius 2 is 1.57 bits per heavy atom. The van der Waals surface area contributed by atoms with Gasteiger partial charge >= 0.3 is 5.97 Å². The van der Waals surface area contributed by atoms with Gasteiger partial charge in [-0.1, -0.05) is 35.9 Å². The molecule has 0 heterocycles. The van der Waals surface area contributed by atoms with Crippen molar-refractivity contribution in [2.45, 2.75) is 6.04 Å². The molecule has 0 radical (unpaired) electrons. The van der Waals surface area contributed by atoms with Crippen LogP contribution in [0.1, 0.15) is 27.5 Å². The van der Waals surface area contributed by atoms with Gasteiger partial charge in [0.25, 0.3) is 0 Å². The minimum absolute atomic E-state index is 0.164. The molecule has 2 rings (SSSR count). The van der Waals surface area contributed by atoms with Crippen LogP contribution >= 0.6 is 23.8 Å². The second kappa shape index (κ2) is 6.56. The van der Waals surface area contributed by atoms with Gasteiger partial charge in [-0.2, -0.15) is 0 Å². The molecule has 0 fully saturated rings. The molecule has 2 aromatic carbocycles. The Balaban J connectivity index is 2.37. The van der Waals surface area contributed by atoms with E-state index in [-0.39, 0.29) is 16.7 Å². The third-order valence-electron chi connectivity index (χ3n) is 2.98. The van der Waals surface area contributed by atoms with E-state index in [9.17, 15) is 4.79 Å². The van der Waals surface area contributed by atoms with Crippen molar-refractivity contribution < 1.29 is 9.90 Å². The highest BCUT2D eigenvalue weighted by molar-refractivity contribution is 7.80. The van der Waals surface area contributed by atoms with Crippen molar-refractivity contribution in [1.29, 1.82) is 0 Å². The molecule has 0 aliphatic carbocycles. The summed E-state index contributed by atoms with van der Waals surface area (Å²) in [5.41, 5.74) is 7.58. The minimum atomic E-state index is -0.966. The summed E-state index contributed by atoms with van der Waals surface area (Å²) >= 11 is 10.8. The van der Waals surface area contributed by atoms with Crippen LogP contribution in [0.5, 0.6) is 0 Å². The van der Waals surface area contributed by atoms with E-state index in [1.54, 1.807) is 36.4 Å². The lowest BCUT2D eigenvalue weighted by Crippen LogP contribution is -2.33. The molecule has 4 nitrogen and oxygen atoms in total. The summed E-state index contributed by atoms with van der Waals surface area (Å²) in [7, 11) is 0. The van der Waals surface area contributed by atoms with E-state index in [1.165, 1.54) is 0 Å². The van der Waals surface area contributed by atoms with Gasteiger partial charge in [0.2, 0.25) is 0 Å². The maximum absolute atomic E-state index is 10.9. The predicted molar refractivity (Wildman–Crippen MR) is 86.6 cm³/mol. The highest BCUT2D eigenvalue weighted by Gasteiger charge is 2.15. The molecule has 21 heavy (non-hydrogen) atoms. The Morgan fingerprint density at radius 1 is 1.10 bits per heavy atom. The first-order chi connectivity index (χ1) is 9.97. The van der Waals surface area contributed by atoms with Crippen molar-refractivity contribution in [3.8, 4) is 0 Å². The lowest BCUT2D eigenvalue weighted by atomic mass is 9.98. The normalized spacial score (nSPS) is 11.7. The summed E-state index contributed by atoms with van der Waals surface area (Å²) in [5.74, 6) is -0.966. The molecule has 0 aliphatic rings. The van der Waals surface area contributed by atoms with Gasteiger partial charge in [0.1, 0.15) is 0 Å². The summed E-state index contributed by atoms with van der Waals surface area (Å²) in [4.78, 5) is 10.9. The monoisotopic (exact) mass is 320 g/mol. The van der Waals surface area contributed by atoms with Gasteiger partial charge in [-0.3, -0.25) is 0 Å². The van der Waals surface area contributed by atoms with Crippen LogP contribution in [0.2, 0.25) is 5.02 Å². The number of carbonyl (C=O) groups is 1. The number of halogens is 1. The van der Waals surface area contributed by atoms with Crippen LogP contribution in [-0.2, 0) is 0 Å². The van der Waals surface area contributed by atoms with Gasteiger partial charge in [-0.25, -0.2) is 4.79 Å². The Bertz CT molecular complexity index is 656. The smallest absolute Gasteiger partial charge is 0.335 e. The molecular formula is C15H13ClN2O2S. The number of aromatic carboxylic acids is 1. The van der Waals surface area contributed by atoms with E-state index in [0.717, 1.165) is 11.1 Å². The molecule has 0 spiro atoms. The summed E-state index contributed by atoms with van der Waals surface area (Å²) < 4.78 is 0. The van der Waals surface area contributed by atoms with E-state index in [0.29, 0.717) is 5.02 Å². The fraction of sp³-hybridized carbons (Fsp3) is 0.0667. The number of hydrogen-bond donors (Lipinski definition) is 3. The maximum Gasteiger partial charge on any atom is 0.335 e. The van der Waals surface area contributed by atoms with Crippen molar-refractivity contribution in [3.63, 3.8) is 0 Å². The van der Waals surface area contributed by atoms with Crippen LogP contribution in [-0.4, -0.2) is 16.2 Å². The Kier molecular flexibility index (Phi) is 4.77. The number of nitrogens with one attached hydrogen (secondary N) is 1. The zero-order valence-electron chi connectivity index (χ0n) is 10.9. The largest absolute Gasteiger partial charge is 0.478 e. The summed E-state index contributed by atoms with van der Waals surface area (Å²) in [6.45, 7) is 0. The third kappa shape index (κ3) is 3.93. The van der Waals surface area contributed by atoms with E-state index < -0.39 is 5.97 Å². The number of hydrogen-bond acceptors (Lipinski definition) is 2. The molecular weight excluding hydrogens is 308 g/mol. The second-order valence-corrected chi connectivity index (χ2v) is 5.30. The third-order valence-corrected chi connectivity index (χ3v) is 3.35. The van der Waals surface area contributed by atoms with Gasteiger partial charge < -0.3 is 16.2 Å². The van der Waals surface area contributed by atoms with E-state index in [2.05, 4.69) is 5.32 Å². The maximum atomic E-state index is 10.9. The number of rotatable bonds is 4. The van der Waals surface area contributed by atoms with Crippen LogP contribution in [0.3, 0.4) is 0 Å². The molecule has 0 saturated carbocycles. The summed E-state index contributed by atoms with van der Waals surface area (Å²) in [6.07, 6.45) is 0. The molecule has 0 bridgehead atoms. The standard InChI is InChI=1S/C15H13ClN2O2S/c16-12-7-5-10(6-8-12)13(18-15(17)21)9-1-3-11(4-2-9)14(19)20/h1-8,13H,(H,19,20)(H3,17,18,21). The number of benzene rings is 2. The number of thiocarbonyl (C=S) groups is 1. The highest BCUT2D eigenvalue weighted by atomic mass is 35.5. The van der Waals surface area contributed by atoms with Gasteiger partial charge in [-0.05, 0) is 47.6 Å². The topological polar surface area (TPSA) is 75.3 Å². The molecule has 0 aromatic heterocycles. The molecule has 1 unspecified atom stereocenters. The lowest BCUT2D eigenvalue weighted by molar-refractivity contribution is 0.0697. The van der Waals surface area contributed by atoms with Crippen LogP contribution in [0.4, 0.5) is 0 Å². The quantitative estimate of drug-likeness (QED) is 0.755. The average Bonchev–Trinajstić information content (AvgIpc) is 2.46. The van der Waals surface area contributed by atoms with E-state index >= 15 is 0 Å². The molecule has 0 amide bonds. The number of carboxylic acid groups (broad SMARTS) is 1. The van der Waals surface area contributed by atoms with E-state index in [4.69, 9.17) is 34.7 Å². The van der Waals surface area contributed by atoms with Crippen LogP contribution < -0.4 is 11.1 Å². The average molecular weight is 321 g/mol. The van der Waals surface area contributed by atoms with Crippen molar-refractivity contribution in [2.24, 2.45) is 5.73 Å². The predicted octanol–water partition coefficient (Wildman–Crippen LogP) is 2.96. The van der Waals surface area contributed by atoms with E-state index in [1.807, 2.05) is 12.1 Å². The number of nitrogens with two attached hydrogens (primary N) is 1. The Hall–Kier alpha value is -2.11. The number of carboxylic acids is 1. The molecule has 2 aromatic rings. The van der Waals surface area contributed by atoms with Crippen LogP contribution in [0.25, 0.3) is 0 Å². The molecule has 6 heteroatoms. The SMILES string of the molecule is NC(=S)NC(c1ccc(Cl)cc1)c1ccc(C(=O)O)cc1. The molecule has 4 N–H and O–H groups in total. The van der Waals surface area contributed by atoms with Crippen LogP contribution in [0.15, 0.2) is 48.5 Å². The molecule has 0 aliphatic heterocycles. The first-order valence-electron chi connectivity index (χ1n) is 6.12. The first-order valence-corrected chi connectivity index (χ1v) is 6.90. The van der Waals surface area contributed by atoms with Gasteiger partial charge in [0.15, 0.2) is 5.11 Å². The Morgan fingerprint density at radius 3 is 2.00 bits per heavy atom. The fourth-order valence-corrected chi connectivity index (χ4v) is 2.22. The van der Waals surface area contributed by atoms with Crippen molar-refractivity contribution >= 4 is 34.9 Å². The van der Waals surface area contributed by atoms with Crippen molar-refractivity contribution in [3.05, 3.63) is 70.2 Å². The van der Waals surface area contributed by atoms with Crippen molar-refractivity contribution in [2.75, 3.05) is 0 Å². The fourth-order valence-electron chi connectivity index (χ4n) is 1.97. The van der Waals surface area contributed by atoms with Crippen LogP contribution in [0, 0.1) is 0 Å².